The lowest BCUT2D eigenvalue weighted by Crippen LogP contribution is -2.60. The van der Waals surface area contributed by atoms with Gasteiger partial charge in [0.05, 0.1) is 6.42 Å². The number of nitrogens with one attached hydrogen (secondary N) is 2. The molecule has 0 aromatic rings. The van der Waals surface area contributed by atoms with Gasteiger partial charge in [-0.15, -0.1) is 0 Å². The zero-order chi connectivity index (χ0) is 20.1. The molecule has 0 atom stereocenters. The van der Waals surface area contributed by atoms with Crippen molar-refractivity contribution in [2.24, 2.45) is 17.8 Å². The molecular formula is C20H29N3O5. The van der Waals surface area contributed by atoms with E-state index in [0.717, 1.165) is 41.9 Å². The Labute approximate surface area is 164 Å². The predicted molar refractivity (Wildman–Crippen MR) is 98.9 cm³/mol. The third kappa shape index (κ3) is 3.61. The summed E-state index contributed by atoms with van der Waals surface area (Å²) in [5, 5.41) is 5.72. The quantitative estimate of drug-likeness (QED) is 0.525. The number of carbonyl (C=O) groups excluding carboxylic acids is 4. The van der Waals surface area contributed by atoms with E-state index in [1.165, 1.54) is 19.3 Å². The van der Waals surface area contributed by atoms with Crippen LogP contribution in [-0.2, 0) is 19.1 Å². The molecule has 8 heteroatoms. The van der Waals surface area contributed by atoms with Gasteiger partial charge < -0.3 is 15.4 Å². The number of carbonyl (C=O) groups is 4. The van der Waals surface area contributed by atoms with E-state index in [-0.39, 0.29) is 36.9 Å². The summed E-state index contributed by atoms with van der Waals surface area (Å²) in [5.41, 5.74) is -1.07. The van der Waals surface area contributed by atoms with E-state index < -0.39 is 17.5 Å². The van der Waals surface area contributed by atoms with Gasteiger partial charge in [-0.2, -0.15) is 0 Å². The van der Waals surface area contributed by atoms with Crippen molar-refractivity contribution in [2.75, 3.05) is 13.2 Å². The van der Waals surface area contributed by atoms with Crippen molar-refractivity contribution in [3.63, 3.8) is 0 Å². The summed E-state index contributed by atoms with van der Waals surface area (Å²) >= 11 is 0. The molecule has 4 bridgehead atoms. The molecule has 5 fully saturated rings. The van der Waals surface area contributed by atoms with Crippen LogP contribution in [0.25, 0.3) is 0 Å². The van der Waals surface area contributed by atoms with Gasteiger partial charge in [0.15, 0.2) is 6.61 Å². The number of ether oxygens (including phenoxy) is 1. The van der Waals surface area contributed by atoms with Gasteiger partial charge in [0.1, 0.15) is 5.54 Å². The Bertz CT molecular complexity index is 681. The van der Waals surface area contributed by atoms with E-state index in [2.05, 4.69) is 10.6 Å². The van der Waals surface area contributed by atoms with Gasteiger partial charge in [0.2, 0.25) is 0 Å². The molecule has 5 rings (SSSR count). The third-order valence-electron chi connectivity index (χ3n) is 6.79. The first-order valence-corrected chi connectivity index (χ1v) is 10.3. The van der Waals surface area contributed by atoms with Gasteiger partial charge in [-0.05, 0) is 70.1 Å². The van der Waals surface area contributed by atoms with Gasteiger partial charge >= 0.3 is 12.0 Å². The Hall–Kier alpha value is -2.12. The number of esters is 1. The van der Waals surface area contributed by atoms with Crippen LogP contribution in [0.1, 0.15) is 58.8 Å². The zero-order valence-corrected chi connectivity index (χ0v) is 16.6. The van der Waals surface area contributed by atoms with E-state index in [1.54, 1.807) is 13.8 Å². The number of amides is 4. The van der Waals surface area contributed by atoms with Crippen molar-refractivity contribution in [2.45, 2.75) is 69.9 Å². The molecule has 2 N–H and O–H groups in total. The monoisotopic (exact) mass is 391 g/mol. The lowest BCUT2D eigenvalue weighted by molar-refractivity contribution is -0.150. The molecule has 28 heavy (non-hydrogen) atoms. The predicted octanol–water partition coefficient (Wildman–Crippen LogP) is 1.34. The summed E-state index contributed by atoms with van der Waals surface area (Å²) in [7, 11) is 0. The van der Waals surface area contributed by atoms with Gasteiger partial charge in [0.25, 0.3) is 11.8 Å². The lowest BCUT2D eigenvalue weighted by atomic mass is 9.53. The minimum absolute atomic E-state index is 0.0521. The topological polar surface area (TPSA) is 105 Å². The molecule has 0 radical (unpaired) electrons. The molecule has 0 unspecified atom stereocenters. The number of hydrogen-bond acceptors (Lipinski definition) is 5. The first-order chi connectivity index (χ1) is 13.2. The van der Waals surface area contributed by atoms with Crippen molar-refractivity contribution < 1.29 is 23.9 Å². The van der Waals surface area contributed by atoms with Gasteiger partial charge in [0, 0.05) is 12.1 Å². The minimum atomic E-state index is -0.960. The largest absolute Gasteiger partial charge is 0.456 e. The molecule has 0 spiro atoms. The van der Waals surface area contributed by atoms with E-state index in [4.69, 9.17) is 4.74 Å². The molecule has 1 heterocycles. The van der Waals surface area contributed by atoms with E-state index >= 15 is 0 Å². The highest BCUT2D eigenvalue weighted by Gasteiger charge is 2.51. The van der Waals surface area contributed by atoms with Crippen molar-refractivity contribution in [1.82, 2.24) is 15.5 Å². The Balaban J connectivity index is 1.22. The number of rotatable bonds is 6. The number of nitrogens with zero attached hydrogens (tertiary/aromatic N) is 1. The van der Waals surface area contributed by atoms with Crippen LogP contribution in [0.2, 0.25) is 0 Å². The molecule has 0 aromatic carbocycles. The van der Waals surface area contributed by atoms with Gasteiger partial charge in [-0.1, -0.05) is 0 Å². The average molecular weight is 391 g/mol. The van der Waals surface area contributed by atoms with Gasteiger partial charge in [-0.3, -0.25) is 19.3 Å². The fraction of sp³-hybridized carbons (Fsp3) is 0.800. The van der Waals surface area contributed by atoms with Crippen molar-refractivity contribution in [1.29, 1.82) is 0 Å². The van der Waals surface area contributed by atoms with E-state index in [0.29, 0.717) is 0 Å². The first-order valence-electron chi connectivity index (χ1n) is 10.3. The molecular weight excluding hydrogens is 362 g/mol. The highest BCUT2D eigenvalue weighted by Crippen LogP contribution is 2.55. The second kappa shape index (κ2) is 6.74. The second-order valence-corrected chi connectivity index (χ2v) is 9.67. The molecule has 5 aliphatic rings. The van der Waals surface area contributed by atoms with Crippen LogP contribution in [-0.4, -0.2) is 52.9 Å². The van der Waals surface area contributed by atoms with Crippen LogP contribution in [0.15, 0.2) is 0 Å². The summed E-state index contributed by atoms with van der Waals surface area (Å²) < 4.78 is 5.08. The summed E-state index contributed by atoms with van der Waals surface area (Å²) in [6.45, 7) is 2.86. The van der Waals surface area contributed by atoms with Crippen molar-refractivity contribution >= 4 is 23.8 Å². The lowest BCUT2D eigenvalue weighted by Gasteiger charge is -2.56. The fourth-order valence-corrected chi connectivity index (χ4v) is 6.04. The maximum absolute atomic E-state index is 12.4. The van der Waals surface area contributed by atoms with Crippen molar-refractivity contribution in [3.8, 4) is 0 Å². The van der Waals surface area contributed by atoms with Gasteiger partial charge in [-0.25, -0.2) is 4.79 Å². The average Bonchev–Trinajstić information content (AvgIpc) is 2.77. The van der Waals surface area contributed by atoms with Crippen LogP contribution in [0.3, 0.4) is 0 Å². The summed E-state index contributed by atoms with van der Waals surface area (Å²) in [4.78, 5) is 49.2. The SMILES string of the molecule is CC1(C)NC(=O)N(CCC(=O)OCC(=O)NC23CC4CC(CC(C4)C2)C3)C1=O. The third-order valence-corrected chi connectivity index (χ3v) is 6.79. The molecule has 1 aliphatic heterocycles. The number of hydrogen-bond donors (Lipinski definition) is 2. The molecule has 4 aliphatic carbocycles. The highest BCUT2D eigenvalue weighted by atomic mass is 16.5. The Morgan fingerprint density at radius 1 is 1.11 bits per heavy atom. The molecule has 0 aromatic heterocycles. The van der Waals surface area contributed by atoms with Crippen molar-refractivity contribution in [3.05, 3.63) is 0 Å². The van der Waals surface area contributed by atoms with Crippen LogP contribution in [0, 0.1) is 17.8 Å². The highest BCUT2D eigenvalue weighted by molar-refractivity contribution is 6.06. The van der Waals surface area contributed by atoms with Crippen LogP contribution in [0.5, 0.6) is 0 Å². The zero-order valence-electron chi connectivity index (χ0n) is 16.6. The standard InChI is InChI=1S/C20H29N3O5/c1-19(2)17(26)23(18(27)22-19)4-3-16(25)28-11-15(24)21-20-8-12-5-13(9-20)7-14(6-12)10-20/h12-14H,3-11H2,1-2H3,(H,21,24)(H,22,27). The molecule has 4 saturated carbocycles. The Morgan fingerprint density at radius 3 is 2.18 bits per heavy atom. The second-order valence-electron chi connectivity index (χ2n) is 9.67. The summed E-state index contributed by atoms with van der Waals surface area (Å²) in [5.74, 6) is 0.953. The molecule has 4 amide bonds. The first kappa shape index (κ1) is 19.2. The Kier molecular flexibility index (Phi) is 4.62. The maximum atomic E-state index is 12.4. The van der Waals surface area contributed by atoms with Crippen LogP contribution < -0.4 is 10.6 Å². The molecule has 8 nitrogen and oxygen atoms in total. The minimum Gasteiger partial charge on any atom is -0.456 e. The van der Waals surface area contributed by atoms with Crippen LogP contribution in [0.4, 0.5) is 4.79 Å². The number of imide groups is 1. The summed E-state index contributed by atoms with van der Waals surface area (Å²) in [6, 6.07) is -0.512. The fourth-order valence-electron chi connectivity index (χ4n) is 6.04. The maximum Gasteiger partial charge on any atom is 0.325 e. The molecule has 154 valence electrons. The Morgan fingerprint density at radius 2 is 1.68 bits per heavy atom. The molecule has 1 saturated heterocycles. The summed E-state index contributed by atoms with van der Waals surface area (Å²) in [6.07, 6.45) is 6.89. The number of urea groups is 1. The van der Waals surface area contributed by atoms with Crippen LogP contribution >= 0.6 is 0 Å². The van der Waals surface area contributed by atoms with E-state index in [9.17, 15) is 19.2 Å². The normalized spacial score (nSPS) is 35.1. The van der Waals surface area contributed by atoms with E-state index in [1.807, 2.05) is 0 Å². The smallest absolute Gasteiger partial charge is 0.325 e.